The Morgan fingerprint density at radius 3 is 1.32 bits per heavy atom. The van der Waals surface area contributed by atoms with Gasteiger partial charge in [0.05, 0.1) is 7.05 Å². The molecule has 0 amide bonds. The quantitative estimate of drug-likeness (QED) is 0.277. The summed E-state index contributed by atoms with van der Waals surface area (Å²) in [5, 5.41) is 35.6. The molecule has 108 valence electrons. The second-order valence-electron chi connectivity index (χ2n) is 4.05. The van der Waals surface area contributed by atoms with Crippen LogP contribution in [0.15, 0.2) is 0 Å². The van der Waals surface area contributed by atoms with Crippen molar-refractivity contribution >= 4 is 23.9 Å². The van der Waals surface area contributed by atoms with Crippen molar-refractivity contribution in [1.82, 2.24) is 5.01 Å². The number of hydrogen-bond donors (Lipinski definition) is 4. The predicted octanol–water partition coefficient (Wildman–Crippen LogP) is -2.01. The van der Waals surface area contributed by atoms with E-state index in [1.807, 2.05) is 0 Å². The van der Waals surface area contributed by atoms with E-state index in [1.54, 1.807) is 0 Å². The molecule has 19 heavy (non-hydrogen) atoms. The van der Waals surface area contributed by atoms with Crippen LogP contribution in [0.2, 0.25) is 0 Å². The highest BCUT2D eigenvalue weighted by atomic mass is 16.4. The van der Waals surface area contributed by atoms with E-state index in [2.05, 4.69) is 0 Å². The van der Waals surface area contributed by atoms with Gasteiger partial charge in [-0.2, -0.15) is 0 Å². The molecular formula is C9H15N2O8+. The van der Waals surface area contributed by atoms with E-state index in [4.69, 9.17) is 20.4 Å². The lowest BCUT2D eigenvalue weighted by molar-refractivity contribution is -1.00. The third kappa shape index (κ3) is 6.33. The summed E-state index contributed by atoms with van der Waals surface area (Å²) in [6, 6.07) is 0. The van der Waals surface area contributed by atoms with Gasteiger partial charge in [-0.3, -0.25) is 9.59 Å². The molecule has 0 aromatic rings. The van der Waals surface area contributed by atoms with Crippen molar-refractivity contribution in [2.45, 2.75) is 0 Å². The van der Waals surface area contributed by atoms with Crippen LogP contribution in [0.1, 0.15) is 0 Å². The summed E-state index contributed by atoms with van der Waals surface area (Å²) in [5.41, 5.74) is 0. The van der Waals surface area contributed by atoms with Crippen LogP contribution in [0.4, 0.5) is 0 Å². The smallest absolute Gasteiger partial charge is 0.361 e. The van der Waals surface area contributed by atoms with Gasteiger partial charge in [0.2, 0.25) is 0 Å². The van der Waals surface area contributed by atoms with Crippen LogP contribution in [-0.4, -0.2) is 87.1 Å². The largest absolute Gasteiger partial charge is 0.480 e. The summed E-state index contributed by atoms with van der Waals surface area (Å²) in [6.45, 7) is -3.06. The molecule has 0 saturated carbocycles. The Morgan fingerprint density at radius 1 is 0.789 bits per heavy atom. The van der Waals surface area contributed by atoms with E-state index >= 15 is 0 Å². The Bertz CT molecular complexity index is 362. The highest BCUT2D eigenvalue weighted by Crippen LogP contribution is 2.09. The van der Waals surface area contributed by atoms with E-state index in [0.29, 0.717) is 0 Å². The van der Waals surface area contributed by atoms with Gasteiger partial charge in [0.15, 0.2) is 13.1 Å². The van der Waals surface area contributed by atoms with Gasteiger partial charge >= 0.3 is 23.9 Å². The van der Waals surface area contributed by atoms with Crippen molar-refractivity contribution in [3.05, 3.63) is 0 Å². The van der Waals surface area contributed by atoms with E-state index in [0.717, 1.165) is 12.1 Å². The first-order chi connectivity index (χ1) is 8.56. The summed E-state index contributed by atoms with van der Waals surface area (Å²) in [4.78, 5) is 42.8. The molecule has 10 heteroatoms. The van der Waals surface area contributed by atoms with Crippen molar-refractivity contribution in [3.63, 3.8) is 0 Å². The molecule has 0 radical (unpaired) electrons. The van der Waals surface area contributed by atoms with Gasteiger partial charge in [-0.1, -0.05) is 0 Å². The van der Waals surface area contributed by atoms with Crippen LogP contribution in [0, 0.1) is 0 Å². The molecule has 0 aromatic heterocycles. The van der Waals surface area contributed by atoms with Crippen molar-refractivity contribution < 1.29 is 44.2 Å². The second kappa shape index (κ2) is 6.66. The van der Waals surface area contributed by atoms with Gasteiger partial charge in [-0.25, -0.2) is 14.2 Å². The summed E-state index contributed by atoms with van der Waals surface area (Å²) < 4.78 is -0.858. The molecule has 0 aromatic carbocycles. The molecule has 4 N–H and O–H groups in total. The third-order valence-corrected chi connectivity index (χ3v) is 2.27. The number of carbonyl (C=O) groups is 4. The molecule has 0 fully saturated rings. The minimum absolute atomic E-state index is 0.743. The molecule has 0 aliphatic rings. The zero-order valence-corrected chi connectivity index (χ0v) is 10.1. The topological polar surface area (TPSA) is 152 Å². The highest BCUT2D eigenvalue weighted by molar-refractivity contribution is 5.73. The van der Waals surface area contributed by atoms with Gasteiger partial charge in [0.1, 0.15) is 13.1 Å². The maximum Gasteiger partial charge on any atom is 0.361 e. The number of nitrogens with zero attached hydrogens (tertiary/aromatic N) is 2. The Kier molecular flexibility index (Phi) is 5.89. The lowest BCUT2D eigenvalue weighted by Gasteiger charge is -2.38. The number of rotatable bonds is 9. The molecule has 0 aliphatic carbocycles. The normalized spacial score (nSPS) is 11.3. The Labute approximate surface area is 107 Å². The lowest BCUT2D eigenvalue weighted by Crippen LogP contribution is -2.63. The van der Waals surface area contributed by atoms with E-state index in [9.17, 15) is 19.2 Å². The first-order valence-corrected chi connectivity index (χ1v) is 5.04. The summed E-state index contributed by atoms with van der Waals surface area (Å²) in [5.74, 6) is -5.52. The average molecular weight is 279 g/mol. The van der Waals surface area contributed by atoms with Crippen LogP contribution in [-0.2, 0) is 19.2 Å². The molecule has 0 spiro atoms. The van der Waals surface area contributed by atoms with Crippen molar-refractivity contribution in [2.24, 2.45) is 0 Å². The molecule has 0 aliphatic heterocycles. The minimum Gasteiger partial charge on any atom is -0.480 e. The fourth-order valence-corrected chi connectivity index (χ4v) is 1.55. The molecule has 0 unspecified atom stereocenters. The number of quaternary nitrogens is 1. The molecule has 10 nitrogen and oxygen atoms in total. The van der Waals surface area contributed by atoms with E-state index in [1.165, 1.54) is 0 Å². The average Bonchev–Trinajstić information content (AvgIpc) is 2.11. The van der Waals surface area contributed by atoms with Gasteiger partial charge in [0, 0.05) is 0 Å². The fraction of sp³-hybridized carbons (Fsp3) is 0.556. The van der Waals surface area contributed by atoms with E-state index in [-0.39, 0.29) is 0 Å². The van der Waals surface area contributed by atoms with Gasteiger partial charge in [-0.05, 0) is 0 Å². The van der Waals surface area contributed by atoms with Crippen molar-refractivity contribution in [1.29, 1.82) is 0 Å². The molecule has 0 bridgehead atoms. The monoisotopic (exact) mass is 279 g/mol. The highest BCUT2D eigenvalue weighted by Gasteiger charge is 2.38. The van der Waals surface area contributed by atoms with Crippen LogP contribution < -0.4 is 0 Å². The van der Waals surface area contributed by atoms with Crippen LogP contribution in [0.3, 0.4) is 0 Å². The van der Waals surface area contributed by atoms with E-state index < -0.39 is 54.6 Å². The zero-order chi connectivity index (χ0) is 15.2. The Balaban J connectivity index is 5.30. The second-order valence-corrected chi connectivity index (χ2v) is 4.05. The number of aliphatic carboxylic acids is 4. The zero-order valence-electron chi connectivity index (χ0n) is 10.1. The molecule has 0 heterocycles. The van der Waals surface area contributed by atoms with Gasteiger partial charge in [0.25, 0.3) is 0 Å². The van der Waals surface area contributed by atoms with Crippen LogP contribution in [0.5, 0.6) is 0 Å². The number of carboxylic acids is 4. The van der Waals surface area contributed by atoms with Gasteiger partial charge < -0.3 is 20.4 Å². The maximum absolute atomic E-state index is 10.7. The fourth-order valence-electron chi connectivity index (χ4n) is 1.55. The maximum atomic E-state index is 10.7. The Hall–Kier alpha value is -2.20. The number of hydrogen-bond acceptors (Lipinski definition) is 5. The van der Waals surface area contributed by atoms with Crippen molar-refractivity contribution in [3.8, 4) is 0 Å². The SMILES string of the molecule is C[N+](CC(=O)O)(CC(=O)O)N(CC(=O)O)CC(=O)O. The molecule has 0 saturated heterocycles. The minimum atomic E-state index is -1.39. The standard InChI is InChI=1S/C9H14N2O8/c1-11(4-8(16)17,5-9(18)19)10(2-6(12)13)3-7(14)15/h2-5H2,1H3,(H3-,12,13,14,15,16,17,18,19)/p+1. The van der Waals surface area contributed by atoms with Gasteiger partial charge in [-0.15, -0.1) is 5.01 Å². The third-order valence-electron chi connectivity index (χ3n) is 2.27. The Morgan fingerprint density at radius 2 is 1.11 bits per heavy atom. The lowest BCUT2D eigenvalue weighted by atomic mass is 10.4. The summed E-state index contributed by atoms with van der Waals surface area (Å²) >= 11 is 0. The first-order valence-electron chi connectivity index (χ1n) is 5.04. The van der Waals surface area contributed by atoms with Crippen LogP contribution in [0.25, 0.3) is 0 Å². The first kappa shape index (κ1) is 16.8. The molecule has 0 atom stereocenters. The van der Waals surface area contributed by atoms with Crippen molar-refractivity contribution in [2.75, 3.05) is 33.2 Å². The summed E-state index contributed by atoms with van der Waals surface area (Å²) in [6.07, 6.45) is 0. The molecule has 0 rings (SSSR count). The number of carboxylic acid groups (broad SMARTS) is 4. The van der Waals surface area contributed by atoms with Crippen LogP contribution >= 0.6 is 0 Å². The summed E-state index contributed by atoms with van der Waals surface area (Å²) in [7, 11) is 1.15. The molecular weight excluding hydrogens is 264 g/mol. The predicted molar refractivity (Wildman–Crippen MR) is 58.0 cm³/mol. The number of likely N-dealkylation sites (N-methyl/N-ethyl adjacent to an activating group) is 1.